The highest BCUT2D eigenvalue weighted by molar-refractivity contribution is 6.47. The van der Waals surface area contributed by atoms with Gasteiger partial charge in [0.25, 0.3) is 0 Å². The van der Waals surface area contributed by atoms with Crippen LogP contribution in [0.4, 0.5) is 0 Å². The van der Waals surface area contributed by atoms with Gasteiger partial charge in [-0.1, -0.05) is 46.8 Å². The largest absolute Gasteiger partial charge is 0.464 e. The van der Waals surface area contributed by atoms with E-state index in [4.69, 9.17) is 9.31 Å². The van der Waals surface area contributed by atoms with Gasteiger partial charge in [0.2, 0.25) is 0 Å². The van der Waals surface area contributed by atoms with Gasteiger partial charge in [-0.05, 0) is 18.8 Å². The molecule has 1 heterocycles. The average Bonchev–Trinajstić information content (AvgIpc) is 2.62. The minimum atomic E-state index is -0.0731. The molecule has 0 saturated carbocycles. The molecule has 0 N–H and O–H groups in total. The second-order valence-electron chi connectivity index (χ2n) is 5.44. The van der Waals surface area contributed by atoms with Crippen molar-refractivity contribution in [2.75, 3.05) is 0 Å². The molecule has 1 aliphatic heterocycles. The highest BCUT2D eigenvalue weighted by Crippen LogP contribution is 2.32. The van der Waals surface area contributed by atoms with E-state index < -0.39 is 0 Å². The lowest BCUT2D eigenvalue weighted by molar-refractivity contribution is 0.0815. The van der Waals surface area contributed by atoms with E-state index in [-0.39, 0.29) is 19.3 Å². The Morgan fingerprint density at radius 2 is 1.38 bits per heavy atom. The lowest BCUT2D eigenvalue weighted by Crippen LogP contribution is -2.31. The summed E-state index contributed by atoms with van der Waals surface area (Å²) in [5, 5.41) is 0. The van der Waals surface area contributed by atoms with E-state index in [9.17, 15) is 0 Å². The SMILES string of the molecule is C/C=C\[C@H](C)B1O[C@@H](C(C)C)[C@H](C(C)C)O1. The second kappa shape index (κ2) is 5.88. The van der Waals surface area contributed by atoms with Gasteiger partial charge >= 0.3 is 7.12 Å². The number of rotatable bonds is 4. The third-order valence-corrected chi connectivity index (χ3v) is 3.15. The van der Waals surface area contributed by atoms with Crippen LogP contribution in [0.15, 0.2) is 12.2 Å². The zero-order valence-corrected chi connectivity index (χ0v) is 11.4. The topological polar surface area (TPSA) is 18.5 Å². The van der Waals surface area contributed by atoms with Crippen molar-refractivity contribution in [3.63, 3.8) is 0 Å². The quantitative estimate of drug-likeness (QED) is 0.537. The second-order valence-corrected chi connectivity index (χ2v) is 5.44. The fourth-order valence-corrected chi connectivity index (χ4v) is 2.21. The first kappa shape index (κ1) is 13.8. The van der Waals surface area contributed by atoms with Crippen LogP contribution in [-0.4, -0.2) is 19.3 Å². The first-order chi connectivity index (χ1) is 7.47. The molecule has 0 aromatic carbocycles. The molecule has 3 atom stereocenters. The fourth-order valence-electron chi connectivity index (χ4n) is 2.21. The number of hydrogen-bond donors (Lipinski definition) is 0. The van der Waals surface area contributed by atoms with Gasteiger partial charge in [0.05, 0.1) is 12.2 Å². The third kappa shape index (κ3) is 3.11. The highest BCUT2D eigenvalue weighted by Gasteiger charge is 2.44. The zero-order valence-electron chi connectivity index (χ0n) is 11.4. The first-order valence-electron chi connectivity index (χ1n) is 6.41. The molecule has 92 valence electrons. The van der Waals surface area contributed by atoms with Crippen molar-refractivity contribution in [1.82, 2.24) is 0 Å². The summed E-state index contributed by atoms with van der Waals surface area (Å²) in [5.41, 5.74) is 0. The molecule has 16 heavy (non-hydrogen) atoms. The van der Waals surface area contributed by atoms with Crippen LogP contribution in [0, 0.1) is 11.8 Å². The molecule has 2 nitrogen and oxygen atoms in total. The Balaban J connectivity index is 2.68. The van der Waals surface area contributed by atoms with Crippen molar-refractivity contribution < 1.29 is 9.31 Å². The van der Waals surface area contributed by atoms with E-state index in [1.165, 1.54) is 0 Å². The maximum Gasteiger partial charge on any atom is 0.464 e. The Kier molecular flexibility index (Phi) is 5.06. The molecule has 0 aliphatic carbocycles. The molecule has 1 rings (SSSR count). The Hall–Kier alpha value is -0.275. The van der Waals surface area contributed by atoms with E-state index in [0.717, 1.165) is 0 Å². The molecule has 0 aromatic heterocycles. The smallest absolute Gasteiger partial charge is 0.405 e. The van der Waals surface area contributed by atoms with E-state index in [1.54, 1.807) is 0 Å². The summed E-state index contributed by atoms with van der Waals surface area (Å²) in [7, 11) is -0.0731. The third-order valence-electron chi connectivity index (χ3n) is 3.15. The van der Waals surface area contributed by atoms with Crippen molar-refractivity contribution in [1.29, 1.82) is 0 Å². The minimum Gasteiger partial charge on any atom is -0.405 e. The van der Waals surface area contributed by atoms with Crippen LogP contribution >= 0.6 is 0 Å². The van der Waals surface area contributed by atoms with Gasteiger partial charge in [-0.2, -0.15) is 0 Å². The summed E-state index contributed by atoms with van der Waals surface area (Å²) in [6.07, 6.45) is 4.67. The van der Waals surface area contributed by atoms with E-state index in [1.807, 2.05) is 6.92 Å². The van der Waals surface area contributed by atoms with Crippen LogP contribution in [0.1, 0.15) is 41.5 Å². The Bertz CT molecular complexity index is 222. The average molecular weight is 224 g/mol. The van der Waals surface area contributed by atoms with E-state index in [2.05, 4.69) is 46.8 Å². The normalized spacial score (nSPS) is 28.6. The Morgan fingerprint density at radius 1 is 0.938 bits per heavy atom. The summed E-state index contributed by atoms with van der Waals surface area (Å²) >= 11 is 0. The standard InChI is InChI=1S/C13H25BO2/c1-7-8-11(6)14-15-12(9(2)3)13(16-14)10(4)5/h7-13H,1-6H3/b8-7-/t11-,12-,13-/m0/s1. The summed E-state index contributed by atoms with van der Waals surface area (Å²) in [5.74, 6) is 1.35. The molecular weight excluding hydrogens is 199 g/mol. The van der Waals surface area contributed by atoms with Gasteiger partial charge in [-0.15, -0.1) is 0 Å². The highest BCUT2D eigenvalue weighted by atomic mass is 16.7. The molecule has 1 fully saturated rings. The number of allylic oxidation sites excluding steroid dienone is 2. The summed E-state index contributed by atoms with van der Waals surface area (Å²) in [6.45, 7) is 13.0. The van der Waals surface area contributed by atoms with Crippen LogP contribution in [-0.2, 0) is 9.31 Å². The lowest BCUT2D eigenvalue weighted by Gasteiger charge is -2.24. The molecule has 1 saturated heterocycles. The Morgan fingerprint density at radius 3 is 1.69 bits per heavy atom. The molecule has 0 spiro atoms. The molecule has 0 aromatic rings. The zero-order chi connectivity index (χ0) is 12.3. The van der Waals surface area contributed by atoms with Crippen molar-refractivity contribution in [3.05, 3.63) is 12.2 Å². The minimum absolute atomic E-state index is 0.0731. The van der Waals surface area contributed by atoms with Gasteiger partial charge in [-0.25, -0.2) is 0 Å². The summed E-state index contributed by atoms with van der Waals surface area (Å²) in [4.78, 5) is 0. The van der Waals surface area contributed by atoms with Crippen LogP contribution in [0.5, 0.6) is 0 Å². The maximum atomic E-state index is 6.04. The number of hydrogen-bond acceptors (Lipinski definition) is 2. The molecule has 3 heteroatoms. The van der Waals surface area contributed by atoms with Crippen molar-refractivity contribution >= 4 is 7.12 Å². The van der Waals surface area contributed by atoms with E-state index in [0.29, 0.717) is 17.7 Å². The van der Waals surface area contributed by atoms with Crippen molar-refractivity contribution in [2.45, 2.75) is 59.6 Å². The summed E-state index contributed by atoms with van der Waals surface area (Å²) in [6, 6.07) is 0. The maximum absolute atomic E-state index is 6.04. The van der Waals surface area contributed by atoms with Gasteiger partial charge < -0.3 is 9.31 Å². The first-order valence-corrected chi connectivity index (χ1v) is 6.41. The predicted molar refractivity (Wildman–Crippen MR) is 69.4 cm³/mol. The van der Waals surface area contributed by atoms with E-state index >= 15 is 0 Å². The van der Waals surface area contributed by atoms with Gasteiger partial charge in [0, 0.05) is 5.82 Å². The fraction of sp³-hybridized carbons (Fsp3) is 0.846. The van der Waals surface area contributed by atoms with Gasteiger partial charge in [0.1, 0.15) is 0 Å². The molecular formula is C13H25BO2. The van der Waals surface area contributed by atoms with Crippen LogP contribution in [0.2, 0.25) is 5.82 Å². The van der Waals surface area contributed by atoms with Crippen molar-refractivity contribution in [3.8, 4) is 0 Å². The van der Waals surface area contributed by atoms with Gasteiger partial charge in [-0.3, -0.25) is 0 Å². The van der Waals surface area contributed by atoms with Crippen LogP contribution < -0.4 is 0 Å². The molecule has 0 bridgehead atoms. The van der Waals surface area contributed by atoms with Crippen LogP contribution in [0.3, 0.4) is 0 Å². The lowest BCUT2D eigenvalue weighted by atomic mass is 9.73. The monoisotopic (exact) mass is 224 g/mol. The van der Waals surface area contributed by atoms with Gasteiger partial charge in [0.15, 0.2) is 0 Å². The van der Waals surface area contributed by atoms with Crippen LogP contribution in [0.25, 0.3) is 0 Å². The molecule has 0 amide bonds. The Labute approximate surface area is 101 Å². The molecule has 1 aliphatic rings. The van der Waals surface area contributed by atoms with Crippen molar-refractivity contribution in [2.24, 2.45) is 11.8 Å². The predicted octanol–water partition coefficient (Wildman–Crippen LogP) is 3.54. The summed E-state index contributed by atoms with van der Waals surface area (Å²) < 4.78 is 12.1. The molecule has 0 unspecified atom stereocenters. The molecule has 0 radical (unpaired) electrons.